The van der Waals surface area contributed by atoms with Gasteiger partial charge in [0.25, 0.3) is 5.91 Å². The number of aromatic amines is 1. The van der Waals surface area contributed by atoms with Crippen molar-refractivity contribution >= 4 is 16.9 Å². The van der Waals surface area contributed by atoms with E-state index in [1.54, 1.807) is 43.1 Å². The normalized spacial score (nSPS) is 11.7. The van der Waals surface area contributed by atoms with Crippen molar-refractivity contribution in [2.24, 2.45) is 0 Å². The lowest BCUT2D eigenvalue weighted by molar-refractivity contribution is -0.136. The Hall–Kier alpha value is -3.33. The molecule has 1 unspecified atom stereocenters. The van der Waals surface area contributed by atoms with Crippen LogP contribution in [0, 0.1) is 11.3 Å². The molecule has 1 atom stereocenters. The molecule has 0 saturated carbocycles. The molecular weight excluding hydrogens is 340 g/mol. The van der Waals surface area contributed by atoms with Crippen LogP contribution in [0.1, 0.15) is 24.7 Å². The molecule has 0 radical (unpaired) electrons. The highest BCUT2D eigenvalue weighted by molar-refractivity contribution is 5.80. The van der Waals surface area contributed by atoms with E-state index in [2.05, 4.69) is 16.0 Å². The van der Waals surface area contributed by atoms with E-state index in [9.17, 15) is 4.79 Å². The second-order valence-electron chi connectivity index (χ2n) is 6.46. The smallest absolute Gasteiger partial charge is 0.263 e. The van der Waals surface area contributed by atoms with Crippen molar-refractivity contribution in [3.05, 3.63) is 59.9 Å². The summed E-state index contributed by atoms with van der Waals surface area (Å²) in [5, 5.41) is 8.82. The summed E-state index contributed by atoms with van der Waals surface area (Å²) in [6, 6.07) is 16.7. The van der Waals surface area contributed by atoms with Gasteiger partial charge in [-0.25, -0.2) is 4.98 Å². The molecule has 6 nitrogen and oxygen atoms in total. The number of aromatic nitrogens is 2. The lowest BCUT2D eigenvalue weighted by atomic mass is 10.2. The third-order valence-corrected chi connectivity index (χ3v) is 4.37. The van der Waals surface area contributed by atoms with Crippen molar-refractivity contribution in [3.63, 3.8) is 0 Å². The van der Waals surface area contributed by atoms with Crippen LogP contribution in [-0.2, 0) is 11.2 Å². The van der Waals surface area contributed by atoms with Crippen LogP contribution < -0.4 is 4.74 Å². The van der Waals surface area contributed by atoms with Crippen molar-refractivity contribution in [2.45, 2.75) is 25.9 Å². The van der Waals surface area contributed by atoms with Gasteiger partial charge in [-0.1, -0.05) is 12.1 Å². The number of para-hydroxylation sites is 2. The van der Waals surface area contributed by atoms with Gasteiger partial charge in [-0.3, -0.25) is 4.79 Å². The molecule has 2 aromatic carbocycles. The fourth-order valence-corrected chi connectivity index (χ4v) is 2.89. The third-order valence-electron chi connectivity index (χ3n) is 4.37. The number of amides is 1. The number of likely N-dealkylation sites (N-methyl/N-ethyl adjacent to an activating group) is 1. The monoisotopic (exact) mass is 362 g/mol. The Kier molecular flexibility index (Phi) is 5.72. The van der Waals surface area contributed by atoms with E-state index in [4.69, 9.17) is 10.00 Å². The number of aryl methyl sites for hydroxylation is 1. The highest BCUT2D eigenvalue weighted by Crippen LogP contribution is 2.15. The predicted molar refractivity (Wildman–Crippen MR) is 103 cm³/mol. The minimum Gasteiger partial charge on any atom is -0.481 e. The lowest BCUT2D eigenvalue weighted by Crippen LogP contribution is -2.38. The van der Waals surface area contributed by atoms with Gasteiger partial charge in [-0.15, -0.1) is 0 Å². The van der Waals surface area contributed by atoms with E-state index in [0.717, 1.165) is 29.7 Å². The van der Waals surface area contributed by atoms with Crippen molar-refractivity contribution in [3.8, 4) is 11.8 Å². The Labute approximate surface area is 158 Å². The fraction of sp³-hybridized carbons (Fsp3) is 0.286. The number of nitriles is 1. The summed E-state index contributed by atoms with van der Waals surface area (Å²) < 4.78 is 5.68. The first-order valence-corrected chi connectivity index (χ1v) is 8.92. The molecule has 3 rings (SSSR count). The summed E-state index contributed by atoms with van der Waals surface area (Å²) in [7, 11) is 1.78. The number of hydrogen-bond acceptors (Lipinski definition) is 4. The van der Waals surface area contributed by atoms with E-state index in [0.29, 0.717) is 17.9 Å². The molecule has 1 amide bonds. The van der Waals surface area contributed by atoms with Gasteiger partial charge < -0.3 is 14.6 Å². The zero-order valence-electron chi connectivity index (χ0n) is 15.5. The molecule has 0 aliphatic carbocycles. The number of nitrogens with one attached hydrogen (secondary N) is 1. The molecule has 0 fully saturated rings. The van der Waals surface area contributed by atoms with Gasteiger partial charge in [-0.2, -0.15) is 5.26 Å². The Morgan fingerprint density at radius 3 is 2.70 bits per heavy atom. The van der Waals surface area contributed by atoms with Crippen molar-refractivity contribution in [2.75, 3.05) is 13.6 Å². The zero-order chi connectivity index (χ0) is 19.2. The minimum atomic E-state index is -0.589. The van der Waals surface area contributed by atoms with Gasteiger partial charge in [0, 0.05) is 20.0 Å². The van der Waals surface area contributed by atoms with Crippen LogP contribution >= 0.6 is 0 Å². The van der Waals surface area contributed by atoms with Crippen molar-refractivity contribution < 1.29 is 9.53 Å². The maximum atomic E-state index is 12.5. The molecule has 0 aliphatic rings. The maximum absolute atomic E-state index is 12.5. The number of benzene rings is 2. The first-order chi connectivity index (χ1) is 13.1. The van der Waals surface area contributed by atoms with Crippen molar-refractivity contribution in [1.82, 2.24) is 14.9 Å². The summed E-state index contributed by atoms with van der Waals surface area (Å²) >= 11 is 0. The Bertz CT molecular complexity index is 923. The maximum Gasteiger partial charge on any atom is 0.263 e. The van der Waals surface area contributed by atoms with E-state index in [1.165, 1.54) is 0 Å². The average molecular weight is 362 g/mol. The average Bonchev–Trinajstić information content (AvgIpc) is 3.10. The number of H-pyrrole nitrogens is 1. The number of nitrogens with zero attached hydrogens (tertiary/aromatic N) is 3. The van der Waals surface area contributed by atoms with Crippen LogP contribution in [-0.4, -0.2) is 40.5 Å². The number of ether oxygens (including phenoxy) is 1. The van der Waals surface area contributed by atoms with Gasteiger partial charge in [0.2, 0.25) is 0 Å². The molecule has 0 bridgehead atoms. The summed E-state index contributed by atoms with van der Waals surface area (Å²) in [4.78, 5) is 22.0. The van der Waals surface area contributed by atoms with E-state index >= 15 is 0 Å². The zero-order valence-corrected chi connectivity index (χ0v) is 15.5. The Morgan fingerprint density at radius 1 is 1.26 bits per heavy atom. The number of carbonyl (C=O) groups excluding carboxylic acids is 1. The van der Waals surface area contributed by atoms with Crippen molar-refractivity contribution in [1.29, 1.82) is 5.26 Å². The summed E-state index contributed by atoms with van der Waals surface area (Å²) in [5.74, 6) is 1.42. The second-order valence-corrected chi connectivity index (χ2v) is 6.46. The summed E-state index contributed by atoms with van der Waals surface area (Å²) in [6.45, 7) is 2.35. The summed E-state index contributed by atoms with van der Waals surface area (Å²) in [5.41, 5.74) is 2.55. The predicted octanol–water partition coefficient (Wildman–Crippen LogP) is 3.29. The van der Waals surface area contributed by atoms with E-state index in [1.807, 2.05) is 24.3 Å². The van der Waals surface area contributed by atoms with Crippen LogP contribution in [0.15, 0.2) is 48.5 Å². The second kappa shape index (κ2) is 8.37. The largest absolute Gasteiger partial charge is 0.481 e. The van der Waals surface area contributed by atoms with Crippen LogP contribution in [0.25, 0.3) is 11.0 Å². The number of fused-ring (bicyclic) bond motifs is 1. The van der Waals surface area contributed by atoms with Gasteiger partial charge >= 0.3 is 0 Å². The van der Waals surface area contributed by atoms with E-state index < -0.39 is 6.10 Å². The van der Waals surface area contributed by atoms with Gasteiger partial charge in [0.1, 0.15) is 11.6 Å². The van der Waals surface area contributed by atoms with Crippen LogP contribution in [0.2, 0.25) is 0 Å². The standard InChI is InChI=1S/C21H22N4O2/c1-15(27-17-11-9-16(14-22)10-12-17)21(26)25(2)13-5-8-20-23-18-6-3-4-7-19(18)24-20/h3-4,6-7,9-12,15H,5,8,13H2,1-2H3,(H,23,24). The molecule has 3 aromatic rings. The highest BCUT2D eigenvalue weighted by Gasteiger charge is 2.19. The van der Waals surface area contributed by atoms with Crippen LogP contribution in [0.5, 0.6) is 5.75 Å². The number of hydrogen-bond donors (Lipinski definition) is 1. The molecule has 0 spiro atoms. The molecule has 0 aliphatic heterocycles. The molecule has 6 heteroatoms. The fourth-order valence-electron chi connectivity index (χ4n) is 2.89. The summed E-state index contributed by atoms with van der Waals surface area (Å²) in [6.07, 6.45) is 0.997. The molecule has 1 aromatic heterocycles. The molecule has 1 heterocycles. The molecular formula is C21H22N4O2. The van der Waals surface area contributed by atoms with Crippen LogP contribution in [0.3, 0.4) is 0 Å². The Morgan fingerprint density at radius 2 is 2.00 bits per heavy atom. The topological polar surface area (TPSA) is 82.0 Å². The van der Waals surface area contributed by atoms with Gasteiger partial charge in [0.05, 0.1) is 22.7 Å². The molecule has 1 N–H and O–H groups in total. The molecule has 0 saturated heterocycles. The Balaban J connectivity index is 1.48. The van der Waals surface area contributed by atoms with Gasteiger partial charge in [0.15, 0.2) is 6.10 Å². The number of carbonyl (C=O) groups is 1. The SMILES string of the molecule is CC(Oc1ccc(C#N)cc1)C(=O)N(C)CCCc1nc2ccccc2[nH]1. The number of imidazole rings is 1. The number of rotatable bonds is 7. The van der Waals surface area contributed by atoms with E-state index in [-0.39, 0.29) is 5.91 Å². The molecule has 27 heavy (non-hydrogen) atoms. The first kappa shape index (κ1) is 18.5. The third kappa shape index (κ3) is 4.64. The van der Waals surface area contributed by atoms with Gasteiger partial charge in [-0.05, 0) is 49.7 Å². The van der Waals surface area contributed by atoms with Crippen LogP contribution in [0.4, 0.5) is 0 Å². The molecule has 138 valence electrons. The lowest BCUT2D eigenvalue weighted by Gasteiger charge is -2.22. The quantitative estimate of drug-likeness (QED) is 0.699. The minimum absolute atomic E-state index is 0.0797. The first-order valence-electron chi connectivity index (χ1n) is 8.92. The highest BCUT2D eigenvalue weighted by atomic mass is 16.5.